The molecule has 4 N–H and O–H groups in total. The van der Waals surface area contributed by atoms with E-state index in [1.165, 1.54) is 11.3 Å². The van der Waals surface area contributed by atoms with Gasteiger partial charge in [0.25, 0.3) is 11.3 Å². The van der Waals surface area contributed by atoms with E-state index in [0.29, 0.717) is 17.8 Å². The summed E-state index contributed by atoms with van der Waals surface area (Å²) in [6, 6.07) is 6.73. The molecule has 142 valence electrons. The van der Waals surface area contributed by atoms with Crippen molar-refractivity contribution in [3.05, 3.63) is 45.9 Å². The van der Waals surface area contributed by atoms with Crippen LogP contribution in [0.1, 0.15) is 43.1 Å². The average Bonchev–Trinajstić information content (AvgIpc) is 3.03. The van der Waals surface area contributed by atoms with E-state index in [2.05, 4.69) is 15.0 Å². The highest BCUT2D eigenvalue weighted by atomic mass is 32.2. The number of anilines is 1. The van der Waals surface area contributed by atoms with E-state index in [9.17, 15) is 14.1 Å². The summed E-state index contributed by atoms with van der Waals surface area (Å²) in [6.07, 6.45) is 0.517. The second-order valence-corrected chi connectivity index (χ2v) is 8.46. The van der Waals surface area contributed by atoms with E-state index in [1.54, 1.807) is 17.5 Å². The molecule has 0 aliphatic carbocycles. The number of benzene rings is 1. The smallest absolute Gasteiger partial charge is 0.259 e. The quantitative estimate of drug-likeness (QED) is 0.537. The molecule has 0 radical (unpaired) electrons. The summed E-state index contributed by atoms with van der Waals surface area (Å²) in [7, 11) is 0. The second-order valence-electron chi connectivity index (χ2n) is 6.86. The van der Waals surface area contributed by atoms with E-state index >= 15 is 0 Å². The first-order chi connectivity index (χ1) is 12.2. The summed E-state index contributed by atoms with van der Waals surface area (Å²) in [6.45, 7) is 5.39. The van der Waals surface area contributed by atoms with E-state index in [0.717, 1.165) is 10.6 Å². The minimum atomic E-state index is -2.12. The molecule has 7 nitrogen and oxygen atoms in total. The molecule has 2 rings (SSSR count). The molecular formula is C17H23N3O4S2. The molecule has 2 atom stereocenters. The maximum absolute atomic E-state index is 12.4. The maximum Gasteiger partial charge on any atom is 0.259 e. The number of aromatic nitrogens is 1. The molecule has 1 unspecified atom stereocenters. The van der Waals surface area contributed by atoms with Crippen molar-refractivity contribution >= 4 is 34.2 Å². The van der Waals surface area contributed by atoms with E-state index in [-0.39, 0.29) is 18.6 Å². The molecule has 1 aromatic heterocycles. The van der Waals surface area contributed by atoms with Crippen molar-refractivity contribution in [3.63, 3.8) is 0 Å². The van der Waals surface area contributed by atoms with Crippen LogP contribution in [0.3, 0.4) is 0 Å². The Kier molecular flexibility index (Phi) is 6.87. The van der Waals surface area contributed by atoms with Crippen molar-refractivity contribution in [3.8, 4) is 0 Å². The Morgan fingerprint density at radius 3 is 2.46 bits per heavy atom. The lowest BCUT2D eigenvalue weighted by atomic mass is 9.94. The molecule has 2 aromatic rings. The van der Waals surface area contributed by atoms with Crippen LogP contribution in [0.15, 0.2) is 29.6 Å². The summed E-state index contributed by atoms with van der Waals surface area (Å²) < 4.78 is 22.0. The number of carbonyl (C=O) groups is 1. The third-order valence-corrected chi connectivity index (χ3v) is 5.03. The lowest BCUT2D eigenvalue weighted by molar-refractivity contribution is -0.129. The number of aliphatic hydroxyl groups excluding tert-OH is 1. The molecule has 0 saturated carbocycles. The van der Waals surface area contributed by atoms with Gasteiger partial charge in [0.1, 0.15) is 5.01 Å². The number of carbonyl (C=O) groups excluding carboxylic acids is 1. The van der Waals surface area contributed by atoms with Crippen molar-refractivity contribution in [2.24, 2.45) is 5.41 Å². The Balaban J connectivity index is 2.20. The first-order valence-corrected chi connectivity index (χ1v) is 10.00. The fourth-order valence-corrected chi connectivity index (χ4v) is 3.37. The van der Waals surface area contributed by atoms with Crippen LogP contribution in [-0.2, 0) is 29.1 Å². The Bertz CT molecular complexity index is 769. The van der Waals surface area contributed by atoms with Gasteiger partial charge in [-0.15, -0.1) is 11.3 Å². The number of hydrogen-bond acceptors (Lipinski definition) is 5. The number of thiazole rings is 1. The minimum Gasteiger partial charge on any atom is -0.390 e. The Morgan fingerprint density at radius 1 is 1.31 bits per heavy atom. The van der Waals surface area contributed by atoms with Crippen LogP contribution in [0, 0.1) is 5.41 Å². The first-order valence-electron chi connectivity index (χ1n) is 8.01. The zero-order valence-corrected chi connectivity index (χ0v) is 16.5. The van der Waals surface area contributed by atoms with Crippen LogP contribution in [0.2, 0.25) is 0 Å². The van der Waals surface area contributed by atoms with Gasteiger partial charge in [-0.25, -0.2) is 9.19 Å². The van der Waals surface area contributed by atoms with Gasteiger partial charge in [-0.3, -0.25) is 14.1 Å². The fourth-order valence-electron chi connectivity index (χ4n) is 2.18. The predicted molar refractivity (Wildman–Crippen MR) is 103 cm³/mol. The second kappa shape index (κ2) is 8.72. The molecule has 0 saturated heterocycles. The first kappa shape index (κ1) is 20.5. The lowest BCUT2D eigenvalue weighted by Gasteiger charge is -2.23. The number of aliphatic hydroxyl groups is 1. The Hall–Kier alpha value is -1.81. The van der Waals surface area contributed by atoms with Crippen LogP contribution in [0.4, 0.5) is 5.69 Å². The molecule has 1 heterocycles. The van der Waals surface area contributed by atoms with Gasteiger partial charge in [-0.05, 0) is 24.1 Å². The molecule has 0 fully saturated rings. The fraction of sp³-hybridized carbons (Fsp3) is 0.412. The van der Waals surface area contributed by atoms with Crippen molar-refractivity contribution in [1.29, 1.82) is 0 Å². The van der Waals surface area contributed by atoms with Crippen molar-refractivity contribution < 1.29 is 18.7 Å². The number of nitrogens with one attached hydrogen (secondary N) is 2. The number of hydrogen-bond donors (Lipinski definition) is 4. The summed E-state index contributed by atoms with van der Waals surface area (Å²) in [5.74, 6) is -0.0859. The molecule has 0 aliphatic heterocycles. The van der Waals surface area contributed by atoms with Crippen LogP contribution in [0.5, 0.6) is 0 Å². The summed E-state index contributed by atoms with van der Waals surface area (Å²) in [5.41, 5.74) is 1.51. The molecule has 1 aromatic carbocycles. The molecular weight excluding hydrogens is 374 g/mol. The SMILES string of the molecule is CC(C)(C)C(=O)N[C@@H](Cc1ccc(NS(=O)O)cc1)c1nc(CO)cs1. The third-order valence-electron chi connectivity index (χ3n) is 3.62. The highest BCUT2D eigenvalue weighted by molar-refractivity contribution is 7.80. The van der Waals surface area contributed by atoms with Crippen LogP contribution >= 0.6 is 11.3 Å². The summed E-state index contributed by atoms with van der Waals surface area (Å²) in [5, 5.41) is 14.8. The van der Waals surface area contributed by atoms with Gasteiger partial charge >= 0.3 is 0 Å². The molecule has 9 heteroatoms. The topological polar surface area (TPSA) is 112 Å². The highest BCUT2D eigenvalue weighted by Crippen LogP contribution is 2.25. The van der Waals surface area contributed by atoms with Gasteiger partial charge in [-0.2, -0.15) is 0 Å². The largest absolute Gasteiger partial charge is 0.390 e. The van der Waals surface area contributed by atoms with Crippen molar-refractivity contribution in [2.45, 2.75) is 39.8 Å². The van der Waals surface area contributed by atoms with E-state index < -0.39 is 16.7 Å². The van der Waals surface area contributed by atoms with Gasteiger partial charge in [0.15, 0.2) is 0 Å². The van der Waals surface area contributed by atoms with Gasteiger partial charge in [-0.1, -0.05) is 32.9 Å². The van der Waals surface area contributed by atoms with Crippen LogP contribution in [-0.4, -0.2) is 24.8 Å². The average molecular weight is 398 g/mol. The van der Waals surface area contributed by atoms with Crippen LogP contribution in [0.25, 0.3) is 0 Å². The lowest BCUT2D eigenvalue weighted by Crippen LogP contribution is -2.38. The molecule has 0 spiro atoms. The molecule has 0 aliphatic rings. The van der Waals surface area contributed by atoms with E-state index in [1.807, 2.05) is 32.9 Å². The van der Waals surface area contributed by atoms with Gasteiger partial charge < -0.3 is 10.4 Å². The summed E-state index contributed by atoms with van der Waals surface area (Å²) in [4.78, 5) is 16.8. The van der Waals surface area contributed by atoms with E-state index in [4.69, 9.17) is 4.55 Å². The van der Waals surface area contributed by atoms with Crippen molar-refractivity contribution in [1.82, 2.24) is 10.3 Å². The molecule has 0 bridgehead atoms. The number of rotatable bonds is 7. The van der Waals surface area contributed by atoms with Crippen molar-refractivity contribution in [2.75, 3.05) is 4.72 Å². The van der Waals surface area contributed by atoms with Crippen LogP contribution < -0.4 is 10.0 Å². The standard InChI is InChI=1S/C17H23N3O4S2/c1-17(2,3)16(22)19-14(15-18-13(9-21)10-25-15)8-11-4-6-12(7-5-11)20-26(23)24/h4-7,10,14,20-21H,8-9H2,1-3H3,(H,19,22)(H,23,24)/t14-/m0/s1. The Morgan fingerprint density at radius 2 is 1.96 bits per heavy atom. The summed E-state index contributed by atoms with van der Waals surface area (Å²) >= 11 is -0.725. The monoisotopic (exact) mass is 397 g/mol. The molecule has 26 heavy (non-hydrogen) atoms. The zero-order valence-electron chi connectivity index (χ0n) is 14.9. The normalized spacial score (nSPS) is 13.9. The van der Waals surface area contributed by atoms with Gasteiger partial charge in [0.05, 0.1) is 18.3 Å². The predicted octanol–water partition coefficient (Wildman–Crippen LogP) is 2.63. The maximum atomic E-state index is 12.4. The molecule has 1 amide bonds. The van der Waals surface area contributed by atoms with Gasteiger partial charge in [0, 0.05) is 16.5 Å². The third kappa shape index (κ3) is 5.87. The number of amides is 1. The zero-order chi connectivity index (χ0) is 19.3. The number of nitrogens with zero attached hydrogens (tertiary/aromatic N) is 1. The van der Waals surface area contributed by atoms with Gasteiger partial charge in [0.2, 0.25) is 5.91 Å². The highest BCUT2D eigenvalue weighted by Gasteiger charge is 2.26. The minimum absolute atomic E-state index is 0.0859. The Labute approximate surface area is 159 Å².